The van der Waals surface area contributed by atoms with E-state index in [1.54, 1.807) is 6.08 Å². The summed E-state index contributed by atoms with van der Waals surface area (Å²) in [6.45, 7) is 9.14. The zero-order valence-electron chi connectivity index (χ0n) is 9.14. The lowest BCUT2D eigenvalue weighted by molar-refractivity contribution is -0.418. The van der Waals surface area contributed by atoms with E-state index in [0.29, 0.717) is 0 Å². The lowest BCUT2D eigenvalue weighted by atomic mass is 10.1. The van der Waals surface area contributed by atoms with Gasteiger partial charge in [-0.05, 0) is 30.7 Å². The van der Waals surface area contributed by atoms with Crippen LogP contribution in [0.15, 0.2) is 55.3 Å². The first-order valence-corrected chi connectivity index (χ1v) is 4.78. The zero-order chi connectivity index (χ0) is 12.1. The Morgan fingerprint density at radius 3 is 2.31 bits per heavy atom. The van der Waals surface area contributed by atoms with Crippen molar-refractivity contribution in [2.75, 3.05) is 0 Å². The van der Waals surface area contributed by atoms with E-state index >= 15 is 0 Å². The molecule has 0 saturated carbocycles. The van der Waals surface area contributed by atoms with Crippen LogP contribution in [-0.4, -0.2) is 4.92 Å². The van der Waals surface area contributed by atoms with Crippen molar-refractivity contribution in [3.05, 3.63) is 76.5 Å². The third-order valence-electron chi connectivity index (χ3n) is 2.13. The van der Waals surface area contributed by atoms with Crippen molar-refractivity contribution in [1.29, 1.82) is 0 Å². The van der Waals surface area contributed by atoms with Gasteiger partial charge in [-0.1, -0.05) is 36.4 Å². The van der Waals surface area contributed by atoms with Gasteiger partial charge < -0.3 is 0 Å². The maximum absolute atomic E-state index is 10.3. The quantitative estimate of drug-likeness (QED) is 0.439. The number of hydrogen-bond acceptors (Lipinski definition) is 2. The summed E-state index contributed by atoms with van der Waals surface area (Å²) < 4.78 is 0. The Balaban J connectivity index is 2.77. The third kappa shape index (κ3) is 3.20. The van der Waals surface area contributed by atoms with E-state index < -0.39 is 4.92 Å². The number of hydrogen-bond donors (Lipinski definition) is 0. The summed E-state index contributed by atoms with van der Waals surface area (Å²) in [6, 6.07) is 7.79. The van der Waals surface area contributed by atoms with Crippen LogP contribution in [0.2, 0.25) is 0 Å². The van der Waals surface area contributed by atoms with Crippen molar-refractivity contribution >= 4 is 5.57 Å². The molecule has 16 heavy (non-hydrogen) atoms. The molecule has 0 unspecified atom stereocenters. The first-order valence-electron chi connectivity index (χ1n) is 4.78. The van der Waals surface area contributed by atoms with Crippen molar-refractivity contribution < 1.29 is 4.92 Å². The second-order valence-electron chi connectivity index (χ2n) is 3.47. The largest absolute Gasteiger partial charge is 0.262 e. The molecule has 1 aromatic carbocycles. The highest BCUT2D eigenvalue weighted by Gasteiger charge is 2.00. The van der Waals surface area contributed by atoms with Crippen LogP contribution in [0.5, 0.6) is 0 Å². The van der Waals surface area contributed by atoms with Gasteiger partial charge >= 0.3 is 0 Å². The molecule has 0 amide bonds. The molecule has 0 bridgehead atoms. The van der Waals surface area contributed by atoms with Crippen LogP contribution in [0.3, 0.4) is 0 Å². The van der Waals surface area contributed by atoms with Gasteiger partial charge in [0.25, 0.3) is 5.70 Å². The lowest BCUT2D eigenvalue weighted by Gasteiger charge is -2.00. The first-order chi connectivity index (χ1) is 7.50. The molecule has 1 rings (SSSR count). The van der Waals surface area contributed by atoms with Crippen LogP contribution in [0.4, 0.5) is 0 Å². The van der Waals surface area contributed by atoms with Gasteiger partial charge in [-0.3, -0.25) is 10.1 Å². The minimum atomic E-state index is -0.529. The molecule has 0 fully saturated rings. The molecular weight excluding hydrogens is 202 g/mol. The second kappa shape index (κ2) is 5.07. The fraction of sp³-hybridized carbons (Fsp3) is 0.0769. The number of nitrogens with zero attached hydrogens (tertiary/aromatic N) is 1. The van der Waals surface area contributed by atoms with Crippen molar-refractivity contribution in [2.45, 2.75) is 6.92 Å². The molecule has 3 heteroatoms. The Morgan fingerprint density at radius 1 is 1.25 bits per heavy atom. The molecule has 1 aromatic rings. The van der Waals surface area contributed by atoms with E-state index in [0.717, 1.165) is 16.7 Å². The molecule has 0 N–H and O–H groups in total. The molecule has 0 aliphatic carbocycles. The summed E-state index contributed by atoms with van der Waals surface area (Å²) in [7, 11) is 0. The smallest absolute Gasteiger partial charge is 0.258 e. The van der Waals surface area contributed by atoms with Crippen molar-refractivity contribution in [3.63, 3.8) is 0 Å². The number of nitro groups is 1. The van der Waals surface area contributed by atoms with Gasteiger partial charge in [0, 0.05) is 6.08 Å². The summed E-state index contributed by atoms with van der Waals surface area (Å²) in [4.78, 5) is 9.79. The van der Waals surface area contributed by atoms with Crippen LogP contribution >= 0.6 is 0 Å². The Bertz CT molecular complexity index is 455. The van der Waals surface area contributed by atoms with Crippen molar-refractivity contribution in [3.8, 4) is 0 Å². The SMILES string of the molecule is C=C(/C=C\C(=C)[N+](=O)[O-])c1ccc(C)cc1. The highest BCUT2D eigenvalue weighted by atomic mass is 16.6. The van der Waals surface area contributed by atoms with Crippen LogP contribution in [-0.2, 0) is 0 Å². The summed E-state index contributed by atoms with van der Waals surface area (Å²) in [5.74, 6) is 0. The standard InChI is InChI=1S/C13H13NO2/c1-10-4-8-13(9-5-10)11(2)6-7-12(3)14(15)16/h4-9H,2-3H2,1H3/b7-6-. The maximum Gasteiger partial charge on any atom is 0.262 e. The number of rotatable bonds is 4. The predicted molar refractivity (Wildman–Crippen MR) is 65.5 cm³/mol. The van der Waals surface area contributed by atoms with Crippen LogP contribution < -0.4 is 0 Å². The summed E-state index contributed by atoms with van der Waals surface area (Å²) in [5.41, 5.74) is 2.68. The third-order valence-corrected chi connectivity index (χ3v) is 2.13. The second-order valence-corrected chi connectivity index (χ2v) is 3.47. The monoisotopic (exact) mass is 215 g/mol. The summed E-state index contributed by atoms with van der Waals surface area (Å²) in [5, 5.41) is 10.3. The highest BCUT2D eigenvalue weighted by Crippen LogP contribution is 2.15. The van der Waals surface area contributed by atoms with Gasteiger partial charge in [0.15, 0.2) is 0 Å². The molecule has 0 atom stereocenters. The Kier molecular flexibility index (Phi) is 3.78. The Labute approximate surface area is 94.6 Å². The van der Waals surface area contributed by atoms with E-state index in [1.165, 1.54) is 6.08 Å². The highest BCUT2D eigenvalue weighted by molar-refractivity contribution is 5.72. The van der Waals surface area contributed by atoms with Gasteiger partial charge in [0.1, 0.15) is 0 Å². The molecule has 0 aliphatic heterocycles. The molecule has 0 heterocycles. The van der Waals surface area contributed by atoms with E-state index in [-0.39, 0.29) is 5.70 Å². The Hall–Kier alpha value is -2.16. The van der Waals surface area contributed by atoms with Crippen molar-refractivity contribution in [2.24, 2.45) is 0 Å². The van der Waals surface area contributed by atoms with Crippen molar-refractivity contribution in [1.82, 2.24) is 0 Å². The fourth-order valence-electron chi connectivity index (χ4n) is 1.12. The zero-order valence-corrected chi connectivity index (χ0v) is 9.14. The predicted octanol–water partition coefficient (Wildman–Crippen LogP) is 3.35. The average molecular weight is 215 g/mol. The lowest BCUT2D eigenvalue weighted by Crippen LogP contribution is -1.92. The van der Waals surface area contributed by atoms with Gasteiger partial charge in [0.2, 0.25) is 0 Å². The van der Waals surface area contributed by atoms with E-state index in [1.807, 2.05) is 31.2 Å². The summed E-state index contributed by atoms with van der Waals surface area (Å²) in [6.07, 6.45) is 2.94. The summed E-state index contributed by atoms with van der Waals surface area (Å²) >= 11 is 0. The van der Waals surface area contributed by atoms with Crippen LogP contribution in [0.1, 0.15) is 11.1 Å². The number of benzene rings is 1. The van der Waals surface area contributed by atoms with Gasteiger partial charge in [-0.15, -0.1) is 0 Å². The van der Waals surface area contributed by atoms with E-state index in [4.69, 9.17) is 0 Å². The molecule has 82 valence electrons. The average Bonchev–Trinajstić information content (AvgIpc) is 2.26. The van der Waals surface area contributed by atoms with Crippen LogP contribution in [0, 0.1) is 17.0 Å². The number of allylic oxidation sites excluding steroid dienone is 3. The molecule has 0 spiro atoms. The Morgan fingerprint density at radius 2 is 1.81 bits per heavy atom. The molecule has 0 saturated heterocycles. The minimum Gasteiger partial charge on any atom is -0.258 e. The van der Waals surface area contributed by atoms with Crippen LogP contribution in [0.25, 0.3) is 5.57 Å². The molecule has 0 aromatic heterocycles. The molecule has 0 aliphatic rings. The fourth-order valence-corrected chi connectivity index (χ4v) is 1.12. The first kappa shape index (κ1) is 11.9. The van der Waals surface area contributed by atoms with E-state index in [2.05, 4.69) is 13.2 Å². The normalized spacial score (nSPS) is 10.3. The van der Waals surface area contributed by atoms with Gasteiger partial charge in [-0.2, -0.15) is 0 Å². The maximum atomic E-state index is 10.3. The minimum absolute atomic E-state index is 0.145. The van der Waals surface area contributed by atoms with Gasteiger partial charge in [-0.25, -0.2) is 0 Å². The topological polar surface area (TPSA) is 43.1 Å². The molecular formula is C13H13NO2. The molecule has 0 radical (unpaired) electrons. The molecule has 3 nitrogen and oxygen atoms in total. The number of aryl methyl sites for hydroxylation is 1. The van der Waals surface area contributed by atoms with E-state index in [9.17, 15) is 10.1 Å². The van der Waals surface area contributed by atoms with Gasteiger partial charge in [0.05, 0.1) is 4.92 Å².